The molecule has 0 radical (unpaired) electrons. The first kappa shape index (κ1) is 17.8. The molecule has 2 heterocycles. The molecule has 1 aromatic heterocycles. The molecule has 1 fully saturated rings. The molecule has 27 heavy (non-hydrogen) atoms. The molecule has 1 unspecified atom stereocenters. The minimum Gasteiger partial charge on any atom is -0.302 e. The fraction of sp³-hybridized carbons (Fsp3) is 0.304. The van der Waals surface area contributed by atoms with E-state index in [4.69, 9.17) is 0 Å². The van der Waals surface area contributed by atoms with Crippen molar-refractivity contribution >= 4 is 0 Å². The van der Waals surface area contributed by atoms with E-state index < -0.39 is 0 Å². The van der Waals surface area contributed by atoms with Crippen molar-refractivity contribution in [3.8, 4) is 11.3 Å². The number of hydrogen-bond acceptors (Lipinski definition) is 3. The van der Waals surface area contributed by atoms with Crippen LogP contribution >= 0.6 is 0 Å². The van der Waals surface area contributed by atoms with E-state index in [0.29, 0.717) is 5.92 Å². The molecule has 0 spiro atoms. The van der Waals surface area contributed by atoms with E-state index in [-0.39, 0.29) is 5.82 Å². The van der Waals surface area contributed by atoms with Crippen LogP contribution in [0.2, 0.25) is 0 Å². The molecule has 0 N–H and O–H groups in total. The summed E-state index contributed by atoms with van der Waals surface area (Å²) in [6, 6.07) is 17.3. The molecule has 0 bridgehead atoms. The van der Waals surface area contributed by atoms with E-state index >= 15 is 0 Å². The zero-order chi connectivity index (χ0) is 18.5. The van der Waals surface area contributed by atoms with E-state index in [2.05, 4.69) is 45.2 Å². The summed E-state index contributed by atoms with van der Waals surface area (Å²) >= 11 is 0. The zero-order valence-electron chi connectivity index (χ0n) is 15.4. The molecule has 4 heteroatoms. The highest BCUT2D eigenvalue weighted by molar-refractivity contribution is 5.62. The lowest BCUT2D eigenvalue weighted by Gasteiger charge is -2.33. The van der Waals surface area contributed by atoms with Crippen molar-refractivity contribution < 1.29 is 4.39 Å². The summed E-state index contributed by atoms with van der Waals surface area (Å²) in [6.07, 6.45) is 6.76. The standard InChI is InChI=1S/C23H24FN3/c24-21-10-4-8-19(16-21)22-23(26-13-12-25-22)20-9-5-14-27(17-20)15-11-18-6-2-1-3-7-18/h1-4,6-8,10,12-13,16,20H,5,9,11,14-15,17H2. The van der Waals surface area contributed by atoms with Gasteiger partial charge in [-0.2, -0.15) is 0 Å². The third kappa shape index (κ3) is 4.40. The summed E-state index contributed by atoms with van der Waals surface area (Å²) in [5, 5.41) is 0. The summed E-state index contributed by atoms with van der Waals surface area (Å²) in [4.78, 5) is 11.7. The first-order chi connectivity index (χ1) is 13.3. The molecule has 0 aliphatic carbocycles. The maximum absolute atomic E-state index is 13.7. The monoisotopic (exact) mass is 361 g/mol. The topological polar surface area (TPSA) is 29.0 Å². The van der Waals surface area contributed by atoms with Crippen LogP contribution in [-0.2, 0) is 6.42 Å². The van der Waals surface area contributed by atoms with E-state index in [1.54, 1.807) is 24.5 Å². The fourth-order valence-electron chi connectivity index (χ4n) is 3.92. The molecule has 2 aromatic carbocycles. The minimum atomic E-state index is -0.239. The second-order valence-corrected chi connectivity index (χ2v) is 7.18. The molecule has 0 saturated carbocycles. The van der Waals surface area contributed by atoms with Gasteiger partial charge < -0.3 is 4.90 Å². The highest BCUT2D eigenvalue weighted by atomic mass is 19.1. The van der Waals surface area contributed by atoms with Crippen LogP contribution in [0.4, 0.5) is 4.39 Å². The molecule has 1 saturated heterocycles. The third-order valence-electron chi connectivity index (χ3n) is 5.28. The van der Waals surface area contributed by atoms with Crippen LogP contribution in [0.1, 0.15) is 30.0 Å². The smallest absolute Gasteiger partial charge is 0.123 e. The van der Waals surface area contributed by atoms with Gasteiger partial charge in [-0.1, -0.05) is 42.5 Å². The van der Waals surface area contributed by atoms with Gasteiger partial charge in [-0.05, 0) is 43.5 Å². The maximum Gasteiger partial charge on any atom is 0.123 e. The number of nitrogens with zero attached hydrogens (tertiary/aromatic N) is 3. The molecule has 1 atom stereocenters. The largest absolute Gasteiger partial charge is 0.302 e. The number of halogens is 1. The zero-order valence-corrected chi connectivity index (χ0v) is 15.4. The van der Waals surface area contributed by atoms with Crippen molar-refractivity contribution in [2.24, 2.45) is 0 Å². The average Bonchev–Trinajstić information content (AvgIpc) is 2.73. The Balaban J connectivity index is 1.50. The number of aromatic nitrogens is 2. The minimum absolute atomic E-state index is 0.239. The van der Waals surface area contributed by atoms with Crippen LogP contribution in [0.25, 0.3) is 11.3 Å². The molecule has 0 amide bonds. The normalized spacial score (nSPS) is 17.7. The Bertz CT molecular complexity index is 882. The molecule has 3 nitrogen and oxygen atoms in total. The Morgan fingerprint density at radius 3 is 2.70 bits per heavy atom. The van der Waals surface area contributed by atoms with Gasteiger partial charge in [0.2, 0.25) is 0 Å². The second kappa shape index (κ2) is 8.40. The van der Waals surface area contributed by atoms with Crippen LogP contribution in [-0.4, -0.2) is 34.5 Å². The van der Waals surface area contributed by atoms with E-state index in [1.807, 2.05) is 6.07 Å². The van der Waals surface area contributed by atoms with Crippen molar-refractivity contribution in [1.82, 2.24) is 14.9 Å². The van der Waals surface area contributed by atoms with Crippen LogP contribution < -0.4 is 0 Å². The average molecular weight is 361 g/mol. The fourth-order valence-corrected chi connectivity index (χ4v) is 3.92. The lowest BCUT2D eigenvalue weighted by atomic mass is 9.91. The quantitative estimate of drug-likeness (QED) is 0.659. The van der Waals surface area contributed by atoms with Gasteiger partial charge in [-0.3, -0.25) is 9.97 Å². The summed E-state index contributed by atoms with van der Waals surface area (Å²) in [6.45, 7) is 3.16. The van der Waals surface area contributed by atoms with Gasteiger partial charge in [0.15, 0.2) is 0 Å². The molecule has 1 aliphatic heterocycles. The SMILES string of the molecule is Fc1cccc(-c2nccnc2C2CCCN(CCc3ccccc3)C2)c1. The Morgan fingerprint density at radius 2 is 1.85 bits per heavy atom. The summed E-state index contributed by atoms with van der Waals surface area (Å²) in [5.41, 5.74) is 3.98. The first-order valence-electron chi connectivity index (χ1n) is 9.63. The van der Waals surface area contributed by atoms with Gasteiger partial charge in [0.05, 0.1) is 11.4 Å². The summed E-state index contributed by atoms with van der Waals surface area (Å²) in [5.74, 6) is 0.0960. The van der Waals surface area contributed by atoms with Gasteiger partial charge in [-0.15, -0.1) is 0 Å². The number of rotatable bonds is 5. The highest BCUT2D eigenvalue weighted by Gasteiger charge is 2.25. The summed E-state index contributed by atoms with van der Waals surface area (Å²) < 4.78 is 13.7. The van der Waals surface area contributed by atoms with Gasteiger partial charge >= 0.3 is 0 Å². The van der Waals surface area contributed by atoms with Crippen LogP contribution in [0.15, 0.2) is 67.0 Å². The van der Waals surface area contributed by atoms with Crippen molar-refractivity contribution in [3.05, 3.63) is 84.1 Å². The first-order valence-corrected chi connectivity index (χ1v) is 9.63. The Kier molecular flexibility index (Phi) is 5.54. The lowest BCUT2D eigenvalue weighted by Crippen LogP contribution is -2.36. The van der Waals surface area contributed by atoms with Gasteiger partial charge in [0.1, 0.15) is 5.82 Å². The Labute approximate surface area is 159 Å². The molecule has 138 valence electrons. The number of benzene rings is 2. The van der Waals surface area contributed by atoms with Crippen LogP contribution in [0.3, 0.4) is 0 Å². The van der Waals surface area contributed by atoms with E-state index in [9.17, 15) is 4.39 Å². The van der Waals surface area contributed by atoms with Gasteiger partial charge in [0, 0.05) is 37.0 Å². The number of hydrogen-bond donors (Lipinski definition) is 0. The Hall–Kier alpha value is -2.59. The van der Waals surface area contributed by atoms with Gasteiger partial charge in [0.25, 0.3) is 0 Å². The molecular formula is C23H24FN3. The van der Waals surface area contributed by atoms with Crippen molar-refractivity contribution in [1.29, 1.82) is 0 Å². The molecule has 3 aromatic rings. The highest BCUT2D eigenvalue weighted by Crippen LogP contribution is 2.32. The molecule has 4 rings (SSSR count). The third-order valence-corrected chi connectivity index (χ3v) is 5.28. The number of piperidine rings is 1. The predicted molar refractivity (Wildman–Crippen MR) is 106 cm³/mol. The maximum atomic E-state index is 13.7. The van der Waals surface area contributed by atoms with Crippen molar-refractivity contribution in [2.75, 3.05) is 19.6 Å². The number of likely N-dealkylation sites (tertiary alicyclic amines) is 1. The van der Waals surface area contributed by atoms with Gasteiger partial charge in [-0.25, -0.2) is 4.39 Å². The van der Waals surface area contributed by atoms with Crippen LogP contribution in [0.5, 0.6) is 0 Å². The predicted octanol–water partition coefficient (Wildman–Crippen LogP) is 4.70. The second-order valence-electron chi connectivity index (χ2n) is 7.18. The van der Waals surface area contributed by atoms with Crippen molar-refractivity contribution in [2.45, 2.75) is 25.2 Å². The lowest BCUT2D eigenvalue weighted by molar-refractivity contribution is 0.208. The Morgan fingerprint density at radius 1 is 1.00 bits per heavy atom. The van der Waals surface area contributed by atoms with E-state index in [0.717, 1.165) is 55.8 Å². The molecular weight excluding hydrogens is 337 g/mol. The molecule has 1 aliphatic rings. The van der Waals surface area contributed by atoms with E-state index in [1.165, 1.54) is 11.6 Å². The van der Waals surface area contributed by atoms with Crippen LogP contribution in [0, 0.1) is 5.82 Å². The summed E-state index contributed by atoms with van der Waals surface area (Å²) in [7, 11) is 0. The van der Waals surface area contributed by atoms with Crippen molar-refractivity contribution in [3.63, 3.8) is 0 Å².